The first-order valence-electron chi connectivity index (χ1n) is 7.23. The van der Waals surface area contributed by atoms with Crippen LogP contribution in [-0.4, -0.2) is 28.9 Å². The molecule has 110 valence electrons. The highest BCUT2D eigenvalue weighted by molar-refractivity contribution is 5.92. The number of nitriles is 1. The Morgan fingerprint density at radius 1 is 1.27 bits per heavy atom. The molecule has 1 aromatic heterocycles. The number of hydrogen-bond donors (Lipinski definition) is 1. The molecule has 1 amide bonds. The van der Waals surface area contributed by atoms with Crippen molar-refractivity contribution >= 4 is 11.7 Å². The van der Waals surface area contributed by atoms with Crippen molar-refractivity contribution < 1.29 is 4.79 Å². The molecule has 5 nitrogen and oxygen atoms in total. The van der Waals surface area contributed by atoms with E-state index >= 15 is 0 Å². The average molecular weight is 292 g/mol. The summed E-state index contributed by atoms with van der Waals surface area (Å²) in [6.07, 6.45) is 4.48. The van der Waals surface area contributed by atoms with Crippen molar-refractivity contribution in [1.29, 1.82) is 5.26 Å². The van der Waals surface area contributed by atoms with Gasteiger partial charge in [-0.25, -0.2) is 4.98 Å². The Kier molecular flexibility index (Phi) is 4.01. The molecule has 1 aromatic carbocycles. The largest absolute Gasteiger partial charge is 0.310 e. The van der Waals surface area contributed by atoms with E-state index in [0.717, 1.165) is 11.1 Å². The number of hydrogen-bond acceptors (Lipinski definition) is 4. The van der Waals surface area contributed by atoms with Crippen LogP contribution in [-0.2, 0) is 4.79 Å². The lowest BCUT2D eigenvalue weighted by atomic mass is 10.1. The molecule has 0 spiro atoms. The number of nitrogens with one attached hydrogen (secondary N) is 1. The van der Waals surface area contributed by atoms with E-state index in [1.807, 2.05) is 42.5 Å². The first-order valence-corrected chi connectivity index (χ1v) is 7.23. The van der Waals surface area contributed by atoms with Gasteiger partial charge in [0.15, 0.2) is 6.19 Å². The predicted molar refractivity (Wildman–Crippen MR) is 83.6 cm³/mol. The zero-order valence-corrected chi connectivity index (χ0v) is 12.1. The Hall–Kier alpha value is -2.87. The Balaban J connectivity index is 1.71. The first-order chi connectivity index (χ1) is 10.8. The van der Waals surface area contributed by atoms with Crippen molar-refractivity contribution in [3.8, 4) is 17.3 Å². The van der Waals surface area contributed by atoms with Gasteiger partial charge < -0.3 is 10.2 Å². The van der Waals surface area contributed by atoms with E-state index in [1.54, 1.807) is 11.1 Å². The Morgan fingerprint density at radius 2 is 2.09 bits per heavy atom. The second kappa shape index (κ2) is 6.27. The normalized spacial score (nSPS) is 17.0. The third kappa shape index (κ3) is 3.07. The smallest absolute Gasteiger partial charge is 0.230 e. The molecule has 0 aliphatic carbocycles. The van der Waals surface area contributed by atoms with Crippen LogP contribution >= 0.6 is 0 Å². The molecule has 2 aromatic rings. The maximum atomic E-state index is 12.2. The minimum absolute atomic E-state index is 0.0736. The molecule has 0 radical (unpaired) electrons. The maximum Gasteiger partial charge on any atom is 0.230 e. The average Bonchev–Trinajstić information content (AvgIpc) is 3.05. The van der Waals surface area contributed by atoms with Crippen LogP contribution < -0.4 is 5.32 Å². The van der Waals surface area contributed by atoms with Crippen LogP contribution in [0.3, 0.4) is 0 Å². The van der Waals surface area contributed by atoms with Gasteiger partial charge in [0, 0.05) is 19.3 Å². The molecule has 1 aliphatic heterocycles. The van der Waals surface area contributed by atoms with Crippen LogP contribution in [0.2, 0.25) is 0 Å². The lowest BCUT2D eigenvalue weighted by Gasteiger charge is -2.11. The summed E-state index contributed by atoms with van der Waals surface area (Å²) in [5.41, 5.74) is 2.09. The van der Waals surface area contributed by atoms with Crippen molar-refractivity contribution in [1.82, 2.24) is 9.88 Å². The molecule has 5 heteroatoms. The third-order valence-corrected chi connectivity index (χ3v) is 3.82. The number of pyridine rings is 1. The fourth-order valence-electron chi connectivity index (χ4n) is 2.60. The van der Waals surface area contributed by atoms with Gasteiger partial charge >= 0.3 is 0 Å². The van der Waals surface area contributed by atoms with Crippen LogP contribution in [0.15, 0.2) is 48.7 Å². The molecule has 0 saturated carbocycles. The standard InChI is InChI=1S/C17H16N4O/c18-12-21-9-7-15(11-21)17(22)20-16-10-14(6-8-19-16)13-4-2-1-3-5-13/h1-6,8,10,15H,7,9,11H2,(H,19,20,22). The number of anilines is 1. The van der Waals surface area contributed by atoms with E-state index < -0.39 is 0 Å². The molecule has 1 fully saturated rings. The zero-order valence-electron chi connectivity index (χ0n) is 12.1. The van der Waals surface area contributed by atoms with E-state index in [4.69, 9.17) is 5.26 Å². The summed E-state index contributed by atoms with van der Waals surface area (Å²) in [7, 11) is 0. The van der Waals surface area contributed by atoms with E-state index in [2.05, 4.69) is 16.5 Å². The van der Waals surface area contributed by atoms with Gasteiger partial charge in [0.25, 0.3) is 0 Å². The SMILES string of the molecule is N#CN1CCC(C(=O)Nc2cc(-c3ccccc3)ccn2)C1. The Morgan fingerprint density at radius 3 is 2.82 bits per heavy atom. The zero-order chi connectivity index (χ0) is 15.4. The monoisotopic (exact) mass is 292 g/mol. The summed E-state index contributed by atoms with van der Waals surface area (Å²) in [5.74, 6) is 0.319. The summed E-state index contributed by atoms with van der Waals surface area (Å²) < 4.78 is 0. The number of amides is 1. The van der Waals surface area contributed by atoms with Crippen molar-refractivity contribution in [2.75, 3.05) is 18.4 Å². The molecule has 22 heavy (non-hydrogen) atoms. The molecule has 1 aliphatic rings. The summed E-state index contributed by atoms with van der Waals surface area (Å²) in [4.78, 5) is 18.1. The maximum absolute atomic E-state index is 12.2. The van der Waals surface area contributed by atoms with Crippen molar-refractivity contribution in [2.24, 2.45) is 5.92 Å². The van der Waals surface area contributed by atoms with E-state index in [9.17, 15) is 4.79 Å². The number of rotatable bonds is 3. The first kappa shape index (κ1) is 14.1. The van der Waals surface area contributed by atoms with Crippen LogP contribution in [0.1, 0.15) is 6.42 Å². The summed E-state index contributed by atoms with van der Waals surface area (Å²) >= 11 is 0. The molecule has 1 N–H and O–H groups in total. The predicted octanol–water partition coefficient (Wildman–Crippen LogP) is 2.49. The molecule has 0 bridgehead atoms. The lowest BCUT2D eigenvalue weighted by Crippen LogP contribution is -2.25. The Bertz CT molecular complexity index is 708. The summed E-state index contributed by atoms with van der Waals surface area (Å²) in [6, 6.07) is 13.7. The minimum Gasteiger partial charge on any atom is -0.310 e. The molecule has 3 rings (SSSR count). The highest BCUT2D eigenvalue weighted by Gasteiger charge is 2.27. The minimum atomic E-state index is -0.151. The fourth-order valence-corrected chi connectivity index (χ4v) is 2.60. The number of carbonyl (C=O) groups excluding carboxylic acids is 1. The van der Waals surface area contributed by atoms with Crippen LogP contribution in [0.25, 0.3) is 11.1 Å². The molecule has 2 heterocycles. The lowest BCUT2D eigenvalue weighted by molar-refractivity contribution is -0.119. The van der Waals surface area contributed by atoms with Gasteiger partial charge in [-0.1, -0.05) is 30.3 Å². The van der Waals surface area contributed by atoms with E-state index in [1.165, 1.54) is 0 Å². The van der Waals surface area contributed by atoms with Crippen LogP contribution in [0.5, 0.6) is 0 Å². The molecular formula is C17H16N4O. The van der Waals surface area contributed by atoms with Crippen molar-refractivity contribution in [3.05, 3.63) is 48.7 Å². The molecule has 1 unspecified atom stereocenters. The quantitative estimate of drug-likeness (QED) is 0.882. The third-order valence-electron chi connectivity index (χ3n) is 3.82. The second-order valence-electron chi connectivity index (χ2n) is 5.32. The van der Waals surface area contributed by atoms with Gasteiger partial charge in [0.2, 0.25) is 5.91 Å². The number of aromatic nitrogens is 1. The molecule has 1 saturated heterocycles. The number of likely N-dealkylation sites (tertiary alicyclic amines) is 1. The van der Waals surface area contributed by atoms with E-state index in [0.29, 0.717) is 25.3 Å². The highest BCUT2D eigenvalue weighted by atomic mass is 16.2. The Labute approximate surface area is 129 Å². The molecular weight excluding hydrogens is 276 g/mol. The number of nitrogens with zero attached hydrogens (tertiary/aromatic N) is 3. The van der Waals surface area contributed by atoms with Crippen LogP contribution in [0, 0.1) is 17.4 Å². The van der Waals surface area contributed by atoms with Gasteiger partial charge in [0.05, 0.1) is 5.92 Å². The van der Waals surface area contributed by atoms with Gasteiger partial charge in [-0.15, -0.1) is 0 Å². The highest BCUT2D eigenvalue weighted by Crippen LogP contribution is 2.22. The van der Waals surface area contributed by atoms with Gasteiger partial charge in [-0.3, -0.25) is 4.79 Å². The topological polar surface area (TPSA) is 69.0 Å². The molecule has 1 atom stereocenters. The van der Waals surface area contributed by atoms with Gasteiger partial charge in [0.1, 0.15) is 5.82 Å². The summed E-state index contributed by atoms with van der Waals surface area (Å²) in [6.45, 7) is 1.13. The number of benzene rings is 1. The second-order valence-corrected chi connectivity index (χ2v) is 5.32. The summed E-state index contributed by atoms with van der Waals surface area (Å²) in [5, 5.41) is 11.7. The van der Waals surface area contributed by atoms with E-state index in [-0.39, 0.29) is 11.8 Å². The van der Waals surface area contributed by atoms with Crippen molar-refractivity contribution in [3.63, 3.8) is 0 Å². The van der Waals surface area contributed by atoms with Crippen LogP contribution in [0.4, 0.5) is 5.82 Å². The van der Waals surface area contributed by atoms with Gasteiger partial charge in [-0.2, -0.15) is 5.26 Å². The van der Waals surface area contributed by atoms with Gasteiger partial charge in [-0.05, 0) is 29.7 Å². The number of carbonyl (C=O) groups is 1. The fraction of sp³-hybridized carbons (Fsp3) is 0.235. The van der Waals surface area contributed by atoms with Crippen molar-refractivity contribution in [2.45, 2.75) is 6.42 Å².